The van der Waals surface area contributed by atoms with Gasteiger partial charge >= 0.3 is 0 Å². The zero-order chi connectivity index (χ0) is 12.7. The lowest BCUT2D eigenvalue weighted by atomic mass is 10.2. The second kappa shape index (κ2) is 7.33. The van der Waals surface area contributed by atoms with Crippen LogP contribution in [0.4, 0.5) is 0 Å². The van der Waals surface area contributed by atoms with Gasteiger partial charge in [0, 0.05) is 12.6 Å². The maximum absolute atomic E-state index is 5.74. The third-order valence-corrected chi connectivity index (χ3v) is 3.10. The first-order chi connectivity index (χ1) is 8.15. The molecule has 1 N–H and O–H groups in total. The lowest BCUT2D eigenvalue weighted by Crippen LogP contribution is -2.24. The molecule has 0 saturated heterocycles. The maximum atomic E-state index is 5.74. The fourth-order valence-electron chi connectivity index (χ4n) is 1.44. The Balaban J connectivity index is 2.44. The molecule has 2 atom stereocenters. The number of hydrogen-bond acceptors (Lipinski definition) is 2. The third kappa shape index (κ3) is 5.22. The average Bonchev–Trinajstić information content (AvgIpc) is 2.37. The topological polar surface area (TPSA) is 21.3 Å². The van der Waals surface area contributed by atoms with Crippen molar-refractivity contribution in [2.45, 2.75) is 59.2 Å². The van der Waals surface area contributed by atoms with Crippen molar-refractivity contribution < 1.29 is 4.74 Å². The van der Waals surface area contributed by atoms with Gasteiger partial charge in [0.1, 0.15) is 5.75 Å². The van der Waals surface area contributed by atoms with Crippen molar-refractivity contribution in [3.8, 4) is 5.75 Å². The van der Waals surface area contributed by atoms with Gasteiger partial charge in [0.25, 0.3) is 0 Å². The van der Waals surface area contributed by atoms with E-state index in [-0.39, 0.29) is 0 Å². The Morgan fingerprint density at radius 2 is 1.71 bits per heavy atom. The van der Waals surface area contributed by atoms with E-state index in [0.29, 0.717) is 12.1 Å². The molecule has 1 rings (SSSR count). The molecule has 17 heavy (non-hydrogen) atoms. The van der Waals surface area contributed by atoms with Crippen LogP contribution in [0.2, 0.25) is 0 Å². The van der Waals surface area contributed by atoms with Crippen LogP contribution in [-0.4, -0.2) is 12.1 Å². The zero-order valence-corrected chi connectivity index (χ0v) is 11.5. The van der Waals surface area contributed by atoms with Crippen molar-refractivity contribution in [1.82, 2.24) is 5.32 Å². The Hall–Kier alpha value is -1.02. The first-order valence-corrected chi connectivity index (χ1v) is 6.64. The van der Waals surface area contributed by atoms with Gasteiger partial charge in [-0.25, -0.2) is 0 Å². The minimum absolute atomic E-state index is 0.291. The van der Waals surface area contributed by atoms with Crippen LogP contribution in [-0.2, 0) is 6.54 Å². The van der Waals surface area contributed by atoms with Crippen LogP contribution >= 0.6 is 0 Å². The third-order valence-electron chi connectivity index (χ3n) is 3.10. The highest BCUT2D eigenvalue weighted by molar-refractivity contribution is 5.27. The van der Waals surface area contributed by atoms with Gasteiger partial charge in [0.05, 0.1) is 6.10 Å². The van der Waals surface area contributed by atoms with Crippen molar-refractivity contribution in [3.05, 3.63) is 29.8 Å². The Bertz CT molecular complexity index is 307. The second-order valence-corrected chi connectivity index (χ2v) is 4.67. The van der Waals surface area contributed by atoms with Crippen molar-refractivity contribution >= 4 is 0 Å². The number of hydrogen-bond donors (Lipinski definition) is 1. The minimum Gasteiger partial charge on any atom is -0.491 e. The van der Waals surface area contributed by atoms with E-state index in [4.69, 9.17) is 4.74 Å². The summed E-state index contributed by atoms with van der Waals surface area (Å²) in [5.41, 5.74) is 1.31. The molecule has 0 aliphatic rings. The molecule has 96 valence electrons. The largest absolute Gasteiger partial charge is 0.491 e. The summed E-state index contributed by atoms with van der Waals surface area (Å²) in [4.78, 5) is 0. The van der Waals surface area contributed by atoms with Crippen LogP contribution in [0.1, 0.15) is 46.1 Å². The maximum Gasteiger partial charge on any atom is 0.119 e. The highest BCUT2D eigenvalue weighted by atomic mass is 16.5. The van der Waals surface area contributed by atoms with Gasteiger partial charge in [-0.1, -0.05) is 26.0 Å². The standard InChI is InChI=1S/C15H25NO/c1-5-12(3)16-11-14-7-9-15(10-8-14)17-13(4)6-2/h7-10,12-13,16H,5-6,11H2,1-4H3/t12-,13+/m0/s1. The smallest absolute Gasteiger partial charge is 0.119 e. The molecule has 0 radical (unpaired) electrons. The van der Waals surface area contributed by atoms with Crippen LogP contribution < -0.4 is 10.1 Å². The molecule has 1 aromatic carbocycles. The molecule has 0 bridgehead atoms. The van der Waals surface area contributed by atoms with Crippen molar-refractivity contribution in [1.29, 1.82) is 0 Å². The molecule has 0 saturated carbocycles. The molecule has 0 unspecified atom stereocenters. The minimum atomic E-state index is 0.291. The summed E-state index contributed by atoms with van der Waals surface area (Å²) in [6.45, 7) is 9.56. The predicted molar refractivity (Wildman–Crippen MR) is 73.4 cm³/mol. The summed E-state index contributed by atoms with van der Waals surface area (Å²) in [6, 6.07) is 8.95. The molecule has 2 heteroatoms. The van der Waals surface area contributed by atoms with Gasteiger partial charge < -0.3 is 10.1 Å². The Morgan fingerprint density at radius 1 is 1.06 bits per heavy atom. The lowest BCUT2D eigenvalue weighted by Gasteiger charge is -2.14. The van der Waals surface area contributed by atoms with E-state index in [1.807, 2.05) is 0 Å². The fourth-order valence-corrected chi connectivity index (χ4v) is 1.44. The first kappa shape index (κ1) is 14.0. The Morgan fingerprint density at radius 3 is 2.24 bits per heavy atom. The van der Waals surface area contributed by atoms with Gasteiger partial charge in [-0.05, 0) is 44.4 Å². The highest BCUT2D eigenvalue weighted by Gasteiger charge is 2.02. The van der Waals surface area contributed by atoms with Crippen LogP contribution in [0.25, 0.3) is 0 Å². The lowest BCUT2D eigenvalue weighted by molar-refractivity contribution is 0.217. The molecule has 0 amide bonds. The quantitative estimate of drug-likeness (QED) is 0.777. The summed E-state index contributed by atoms with van der Waals surface area (Å²) in [5, 5.41) is 3.48. The van der Waals surface area contributed by atoms with E-state index in [0.717, 1.165) is 25.1 Å². The molecular formula is C15H25NO. The van der Waals surface area contributed by atoms with Crippen LogP contribution in [0.3, 0.4) is 0 Å². The van der Waals surface area contributed by atoms with E-state index in [2.05, 4.69) is 57.3 Å². The van der Waals surface area contributed by atoms with Crippen LogP contribution in [0.15, 0.2) is 24.3 Å². The molecule has 2 nitrogen and oxygen atoms in total. The second-order valence-electron chi connectivity index (χ2n) is 4.67. The summed E-state index contributed by atoms with van der Waals surface area (Å²) in [7, 11) is 0. The van der Waals surface area contributed by atoms with E-state index in [1.165, 1.54) is 5.56 Å². The number of benzene rings is 1. The van der Waals surface area contributed by atoms with Gasteiger partial charge in [-0.15, -0.1) is 0 Å². The van der Waals surface area contributed by atoms with Crippen LogP contribution in [0.5, 0.6) is 5.75 Å². The molecular weight excluding hydrogens is 210 g/mol. The Labute approximate surface area is 105 Å². The van der Waals surface area contributed by atoms with Gasteiger partial charge in [0.2, 0.25) is 0 Å². The van der Waals surface area contributed by atoms with E-state index < -0.39 is 0 Å². The normalized spacial score (nSPS) is 14.4. The zero-order valence-electron chi connectivity index (χ0n) is 11.5. The van der Waals surface area contributed by atoms with Gasteiger partial charge in [-0.3, -0.25) is 0 Å². The average molecular weight is 235 g/mol. The molecule has 0 aliphatic heterocycles. The molecule has 0 aromatic heterocycles. The highest BCUT2D eigenvalue weighted by Crippen LogP contribution is 2.14. The van der Waals surface area contributed by atoms with Gasteiger partial charge in [0.15, 0.2) is 0 Å². The van der Waals surface area contributed by atoms with Crippen molar-refractivity contribution in [3.63, 3.8) is 0 Å². The molecule has 0 spiro atoms. The van der Waals surface area contributed by atoms with E-state index in [9.17, 15) is 0 Å². The molecule has 0 aliphatic carbocycles. The SMILES string of the molecule is CC[C@@H](C)Oc1ccc(CN[C@@H](C)CC)cc1. The number of nitrogens with one attached hydrogen (secondary N) is 1. The van der Waals surface area contributed by atoms with E-state index >= 15 is 0 Å². The predicted octanol–water partition coefficient (Wildman–Crippen LogP) is 3.75. The number of rotatable bonds is 7. The fraction of sp³-hybridized carbons (Fsp3) is 0.600. The number of ether oxygens (including phenoxy) is 1. The summed E-state index contributed by atoms with van der Waals surface area (Å²) < 4.78 is 5.74. The van der Waals surface area contributed by atoms with Crippen molar-refractivity contribution in [2.75, 3.05) is 0 Å². The van der Waals surface area contributed by atoms with Crippen LogP contribution in [0, 0.1) is 0 Å². The molecule has 0 heterocycles. The summed E-state index contributed by atoms with van der Waals surface area (Å²) in [5.74, 6) is 0.964. The molecule has 0 fully saturated rings. The molecule has 1 aromatic rings. The first-order valence-electron chi connectivity index (χ1n) is 6.64. The monoisotopic (exact) mass is 235 g/mol. The van der Waals surface area contributed by atoms with Crippen molar-refractivity contribution in [2.24, 2.45) is 0 Å². The van der Waals surface area contributed by atoms with Gasteiger partial charge in [-0.2, -0.15) is 0 Å². The summed E-state index contributed by atoms with van der Waals surface area (Å²) in [6.07, 6.45) is 2.49. The summed E-state index contributed by atoms with van der Waals surface area (Å²) >= 11 is 0. The Kier molecular flexibility index (Phi) is 6.06. The van der Waals surface area contributed by atoms with E-state index in [1.54, 1.807) is 0 Å².